The van der Waals surface area contributed by atoms with Crippen molar-refractivity contribution in [3.63, 3.8) is 0 Å². The number of rotatable bonds is 8. The van der Waals surface area contributed by atoms with Crippen molar-refractivity contribution in [2.45, 2.75) is 118 Å². The fourth-order valence-electron chi connectivity index (χ4n) is 7.13. The number of hydrogen-bond acceptors (Lipinski definition) is 6. The van der Waals surface area contributed by atoms with E-state index >= 15 is 0 Å². The maximum atomic E-state index is 10.9. The fourth-order valence-corrected chi connectivity index (χ4v) is 7.13. The van der Waals surface area contributed by atoms with Crippen LogP contribution >= 0.6 is 0 Å². The monoisotopic (exact) mass is 495 g/mol. The van der Waals surface area contributed by atoms with Crippen molar-refractivity contribution in [2.75, 3.05) is 39.3 Å². The van der Waals surface area contributed by atoms with E-state index in [1.54, 1.807) is 0 Å². The smallest absolute Gasteiger partial charge is 0.0670 e. The molecule has 3 N–H and O–H groups in total. The van der Waals surface area contributed by atoms with E-state index < -0.39 is 0 Å². The van der Waals surface area contributed by atoms with E-state index in [0.717, 1.165) is 65.0 Å². The molecule has 0 amide bonds. The lowest BCUT2D eigenvalue weighted by molar-refractivity contribution is -0.0742. The summed E-state index contributed by atoms with van der Waals surface area (Å²) >= 11 is 0. The van der Waals surface area contributed by atoms with Crippen molar-refractivity contribution < 1.29 is 15.3 Å². The van der Waals surface area contributed by atoms with Gasteiger partial charge in [-0.3, -0.25) is 14.7 Å². The number of likely N-dealkylation sites (tertiary alicyclic amines) is 3. The normalized spacial score (nSPS) is 36.2. The Labute approximate surface area is 216 Å². The summed E-state index contributed by atoms with van der Waals surface area (Å²) in [5.41, 5.74) is 0.0315. The first-order valence-corrected chi connectivity index (χ1v) is 14.6. The van der Waals surface area contributed by atoms with Gasteiger partial charge in [0, 0.05) is 50.8 Å². The van der Waals surface area contributed by atoms with Crippen LogP contribution in [0.25, 0.3) is 0 Å². The highest BCUT2D eigenvalue weighted by Gasteiger charge is 2.45. The highest BCUT2D eigenvalue weighted by atomic mass is 16.3. The maximum absolute atomic E-state index is 10.9. The molecule has 0 saturated carbocycles. The van der Waals surface area contributed by atoms with Gasteiger partial charge in [-0.2, -0.15) is 0 Å². The third-order valence-electron chi connectivity index (χ3n) is 10.7. The Morgan fingerprint density at radius 2 is 1.29 bits per heavy atom. The quantitative estimate of drug-likeness (QED) is 0.480. The molecule has 9 atom stereocenters. The van der Waals surface area contributed by atoms with E-state index in [4.69, 9.17) is 0 Å². The van der Waals surface area contributed by atoms with Crippen molar-refractivity contribution in [1.82, 2.24) is 14.7 Å². The number of piperidine rings is 3. The Bertz CT molecular complexity index is 659. The third-order valence-corrected chi connectivity index (χ3v) is 10.7. The Balaban J connectivity index is 1.68. The highest BCUT2D eigenvalue weighted by molar-refractivity contribution is 4.97. The second-order valence-electron chi connectivity index (χ2n) is 13.5. The summed E-state index contributed by atoms with van der Waals surface area (Å²) in [5.74, 6) is 1.91. The molecule has 35 heavy (non-hydrogen) atoms. The minimum absolute atomic E-state index is 0.0315. The molecule has 206 valence electrons. The van der Waals surface area contributed by atoms with Crippen LogP contribution in [0.15, 0.2) is 0 Å². The van der Waals surface area contributed by atoms with Crippen molar-refractivity contribution >= 4 is 0 Å². The number of aliphatic hydroxyl groups excluding tert-OH is 3. The number of hydrogen-bond donors (Lipinski definition) is 3. The van der Waals surface area contributed by atoms with Crippen LogP contribution in [-0.2, 0) is 0 Å². The first kappa shape index (κ1) is 29.3. The standard InChI is InChI=1S/C29H57N3O3/c1-19(2)21(4)31-15-25(13-28(35)17-31)29(7,8)23(6)32-14-24(12-27(34)18-32)20(3)22(5)30-11-9-10-26(33)16-30/h19-28,33-35H,9-18H2,1-8H3/t20?,21-,22?,23?,24?,25?,26-,27?,28+/m1/s1. The zero-order chi connectivity index (χ0) is 26.1. The van der Waals surface area contributed by atoms with Gasteiger partial charge in [0.15, 0.2) is 0 Å². The van der Waals surface area contributed by atoms with Crippen molar-refractivity contribution in [3.05, 3.63) is 0 Å². The molecule has 0 bridgehead atoms. The Kier molecular flexibility index (Phi) is 10.1. The van der Waals surface area contributed by atoms with Gasteiger partial charge in [-0.25, -0.2) is 0 Å². The molecule has 0 aromatic heterocycles. The molecule has 3 aliphatic heterocycles. The van der Waals surface area contributed by atoms with Gasteiger partial charge in [0.05, 0.1) is 18.3 Å². The van der Waals surface area contributed by atoms with Crippen LogP contribution < -0.4 is 0 Å². The van der Waals surface area contributed by atoms with Crippen LogP contribution in [0.2, 0.25) is 0 Å². The second kappa shape index (κ2) is 12.1. The molecular formula is C29H57N3O3. The average molecular weight is 496 g/mol. The maximum Gasteiger partial charge on any atom is 0.0670 e. The van der Waals surface area contributed by atoms with Crippen LogP contribution in [0, 0.1) is 29.1 Å². The van der Waals surface area contributed by atoms with Gasteiger partial charge >= 0.3 is 0 Å². The predicted octanol–water partition coefficient (Wildman–Crippen LogP) is 3.29. The van der Waals surface area contributed by atoms with E-state index in [9.17, 15) is 15.3 Å². The van der Waals surface area contributed by atoms with Gasteiger partial charge < -0.3 is 15.3 Å². The summed E-state index contributed by atoms with van der Waals surface area (Å²) < 4.78 is 0. The van der Waals surface area contributed by atoms with E-state index in [0.29, 0.717) is 41.8 Å². The zero-order valence-electron chi connectivity index (χ0n) is 24.0. The zero-order valence-corrected chi connectivity index (χ0v) is 24.0. The van der Waals surface area contributed by atoms with E-state index in [-0.39, 0.29) is 23.7 Å². The molecule has 3 saturated heterocycles. The van der Waals surface area contributed by atoms with E-state index in [2.05, 4.69) is 70.1 Å². The molecule has 3 fully saturated rings. The lowest BCUT2D eigenvalue weighted by atomic mass is 9.68. The van der Waals surface area contributed by atoms with Gasteiger partial charge in [0.25, 0.3) is 0 Å². The highest BCUT2D eigenvalue weighted by Crippen LogP contribution is 2.41. The number of aliphatic hydroxyl groups is 3. The largest absolute Gasteiger partial charge is 0.392 e. The summed E-state index contributed by atoms with van der Waals surface area (Å²) in [4.78, 5) is 7.51. The van der Waals surface area contributed by atoms with Crippen LogP contribution in [0.3, 0.4) is 0 Å². The van der Waals surface area contributed by atoms with Crippen LogP contribution in [0.1, 0.15) is 81.1 Å². The molecule has 0 aromatic carbocycles. The summed E-state index contributed by atoms with van der Waals surface area (Å²) in [6.07, 6.45) is 2.98. The summed E-state index contributed by atoms with van der Waals surface area (Å²) in [6.45, 7) is 24.1. The van der Waals surface area contributed by atoms with Crippen molar-refractivity contribution in [2.24, 2.45) is 29.1 Å². The predicted molar refractivity (Wildman–Crippen MR) is 144 cm³/mol. The van der Waals surface area contributed by atoms with Crippen molar-refractivity contribution in [1.29, 1.82) is 0 Å². The molecule has 0 aliphatic carbocycles. The minimum Gasteiger partial charge on any atom is -0.392 e. The summed E-state index contributed by atoms with van der Waals surface area (Å²) in [6, 6.07) is 1.20. The van der Waals surface area contributed by atoms with Gasteiger partial charge in [-0.15, -0.1) is 0 Å². The molecule has 0 spiro atoms. The lowest BCUT2D eigenvalue weighted by Gasteiger charge is -2.53. The molecule has 3 rings (SSSR count). The Morgan fingerprint density at radius 3 is 1.91 bits per heavy atom. The van der Waals surface area contributed by atoms with Gasteiger partial charge in [-0.1, -0.05) is 34.6 Å². The lowest BCUT2D eigenvalue weighted by Crippen LogP contribution is -2.59. The SMILES string of the molecule is CC(C1CC(O)CN(C(C)C(C)(C)C2C[C@H](O)CN([C@H](C)C(C)C)C2)C1)C(C)N1CCC[C@@H](O)C1. The first-order chi connectivity index (χ1) is 16.3. The van der Waals surface area contributed by atoms with Crippen molar-refractivity contribution in [3.8, 4) is 0 Å². The summed E-state index contributed by atoms with van der Waals surface area (Å²) in [7, 11) is 0. The third kappa shape index (κ3) is 7.00. The molecule has 6 unspecified atom stereocenters. The van der Waals surface area contributed by atoms with Crippen LogP contribution in [0.4, 0.5) is 0 Å². The number of β-amino-alcohol motifs (C(OH)–C–C–N with tert-alkyl or cyclic N) is 3. The molecule has 6 heteroatoms. The molecule has 0 aromatic rings. The van der Waals surface area contributed by atoms with E-state index in [1.165, 1.54) is 0 Å². The summed E-state index contributed by atoms with van der Waals surface area (Å²) in [5, 5.41) is 31.9. The molecule has 3 heterocycles. The second-order valence-corrected chi connectivity index (χ2v) is 13.5. The molecule has 6 nitrogen and oxygen atoms in total. The van der Waals surface area contributed by atoms with Crippen LogP contribution in [0.5, 0.6) is 0 Å². The minimum atomic E-state index is -0.289. The molecule has 0 radical (unpaired) electrons. The van der Waals surface area contributed by atoms with Gasteiger partial charge in [-0.05, 0) is 82.1 Å². The fraction of sp³-hybridized carbons (Fsp3) is 1.00. The van der Waals surface area contributed by atoms with Crippen LogP contribution in [-0.4, -0.2) is 106 Å². The van der Waals surface area contributed by atoms with Gasteiger partial charge in [0.1, 0.15) is 0 Å². The Hall–Kier alpha value is -0.240. The molecule has 3 aliphatic rings. The Morgan fingerprint density at radius 1 is 0.686 bits per heavy atom. The average Bonchev–Trinajstić information content (AvgIpc) is 2.81. The van der Waals surface area contributed by atoms with E-state index in [1.807, 2.05) is 0 Å². The number of nitrogens with zero attached hydrogens (tertiary/aromatic N) is 3. The molecular weight excluding hydrogens is 438 g/mol. The topological polar surface area (TPSA) is 70.4 Å². The van der Waals surface area contributed by atoms with Gasteiger partial charge in [0.2, 0.25) is 0 Å². The first-order valence-electron chi connectivity index (χ1n) is 14.6.